The standard InChI is InChI=1S/C21H24N4O4S2/c1-27-16-6-4-5-15(12-16)23-20-24-25-21(31-20)30-13-19(26)22-10-9-14-7-8-17(28-2)18(11-14)29-3/h4-8,11-12H,9-10,13H2,1-3H3,(H,22,26)(H,23,24). The Morgan fingerprint density at radius 2 is 1.87 bits per heavy atom. The summed E-state index contributed by atoms with van der Waals surface area (Å²) in [5, 5.41) is 15.0. The van der Waals surface area contributed by atoms with Crippen molar-refractivity contribution in [2.24, 2.45) is 0 Å². The van der Waals surface area contributed by atoms with Gasteiger partial charge in [-0.05, 0) is 36.2 Å². The Balaban J connectivity index is 1.42. The summed E-state index contributed by atoms with van der Waals surface area (Å²) in [5.41, 5.74) is 1.92. The fourth-order valence-electron chi connectivity index (χ4n) is 2.70. The van der Waals surface area contributed by atoms with E-state index in [1.54, 1.807) is 21.3 Å². The molecule has 0 atom stereocenters. The predicted octanol–water partition coefficient (Wildman–Crippen LogP) is 3.76. The highest BCUT2D eigenvalue weighted by atomic mass is 32.2. The minimum atomic E-state index is -0.0528. The monoisotopic (exact) mass is 460 g/mol. The van der Waals surface area contributed by atoms with E-state index < -0.39 is 0 Å². The zero-order chi connectivity index (χ0) is 22.1. The average Bonchev–Trinajstić information content (AvgIpc) is 3.24. The average molecular weight is 461 g/mol. The van der Waals surface area contributed by atoms with Crippen LogP contribution in [0.3, 0.4) is 0 Å². The van der Waals surface area contributed by atoms with Crippen LogP contribution in [-0.4, -0.2) is 49.7 Å². The highest BCUT2D eigenvalue weighted by Gasteiger charge is 2.09. The van der Waals surface area contributed by atoms with Crippen molar-refractivity contribution in [1.82, 2.24) is 15.5 Å². The molecule has 0 aliphatic carbocycles. The first-order valence-corrected chi connectivity index (χ1v) is 11.3. The molecule has 3 rings (SSSR count). The summed E-state index contributed by atoms with van der Waals surface area (Å²) in [7, 11) is 4.83. The lowest BCUT2D eigenvalue weighted by atomic mass is 10.1. The molecule has 0 aliphatic heterocycles. The van der Waals surface area contributed by atoms with Crippen molar-refractivity contribution in [3.8, 4) is 17.2 Å². The number of carbonyl (C=O) groups excluding carboxylic acids is 1. The lowest BCUT2D eigenvalue weighted by Gasteiger charge is -2.10. The van der Waals surface area contributed by atoms with Crippen LogP contribution in [-0.2, 0) is 11.2 Å². The summed E-state index contributed by atoms with van der Waals surface area (Å²) in [4.78, 5) is 12.1. The lowest BCUT2D eigenvalue weighted by molar-refractivity contribution is -0.118. The van der Waals surface area contributed by atoms with E-state index in [1.807, 2.05) is 42.5 Å². The van der Waals surface area contributed by atoms with Crippen LogP contribution >= 0.6 is 23.1 Å². The first kappa shape index (κ1) is 22.7. The zero-order valence-electron chi connectivity index (χ0n) is 17.5. The molecule has 2 N–H and O–H groups in total. The van der Waals surface area contributed by atoms with Crippen molar-refractivity contribution in [2.75, 3.05) is 38.9 Å². The van der Waals surface area contributed by atoms with Crippen molar-refractivity contribution < 1.29 is 19.0 Å². The third-order valence-electron chi connectivity index (χ3n) is 4.24. The van der Waals surface area contributed by atoms with Crippen molar-refractivity contribution >= 4 is 39.8 Å². The summed E-state index contributed by atoms with van der Waals surface area (Å²) >= 11 is 2.75. The molecule has 0 bridgehead atoms. The molecule has 0 fully saturated rings. The third kappa shape index (κ3) is 6.76. The molecule has 1 heterocycles. The van der Waals surface area contributed by atoms with Crippen LogP contribution < -0.4 is 24.8 Å². The highest BCUT2D eigenvalue weighted by Crippen LogP contribution is 2.29. The summed E-state index contributed by atoms with van der Waals surface area (Å²) < 4.78 is 16.5. The van der Waals surface area contributed by atoms with Crippen LogP contribution in [0.15, 0.2) is 46.8 Å². The zero-order valence-corrected chi connectivity index (χ0v) is 19.1. The van der Waals surface area contributed by atoms with Gasteiger partial charge in [0.05, 0.1) is 27.1 Å². The summed E-state index contributed by atoms with van der Waals surface area (Å²) in [6.45, 7) is 0.535. The van der Waals surface area contributed by atoms with Gasteiger partial charge in [0.15, 0.2) is 15.8 Å². The quantitative estimate of drug-likeness (QED) is 0.418. The number of rotatable bonds is 11. The second-order valence-electron chi connectivity index (χ2n) is 6.31. The van der Waals surface area contributed by atoms with E-state index >= 15 is 0 Å². The van der Waals surface area contributed by atoms with Crippen LogP contribution in [0.1, 0.15) is 5.56 Å². The lowest BCUT2D eigenvalue weighted by Crippen LogP contribution is -2.27. The van der Waals surface area contributed by atoms with E-state index in [0.717, 1.165) is 21.3 Å². The van der Waals surface area contributed by atoms with Crippen molar-refractivity contribution in [3.63, 3.8) is 0 Å². The highest BCUT2D eigenvalue weighted by molar-refractivity contribution is 8.01. The maximum atomic E-state index is 12.1. The van der Waals surface area contributed by atoms with Crippen LogP contribution in [0.25, 0.3) is 0 Å². The van der Waals surface area contributed by atoms with Gasteiger partial charge in [0.25, 0.3) is 0 Å². The number of hydrogen-bond acceptors (Lipinski definition) is 9. The molecule has 164 valence electrons. The number of aromatic nitrogens is 2. The van der Waals surface area contributed by atoms with E-state index in [4.69, 9.17) is 14.2 Å². The Labute approximate surface area is 189 Å². The van der Waals surface area contributed by atoms with Crippen LogP contribution in [0.5, 0.6) is 17.2 Å². The molecule has 0 spiro atoms. The van der Waals surface area contributed by atoms with Gasteiger partial charge in [0.1, 0.15) is 5.75 Å². The Hall–Kier alpha value is -2.98. The van der Waals surface area contributed by atoms with Crippen LogP contribution in [0.2, 0.25) is 0 Å². The Kier molecular flexibility index (Phi) is 8.36. The molecule has 8 nitrogen and oxygen atoms in total. The summed E-state index contributed by atoms with van der Waals surface area (Å²) in [5.74, 6) is 2.34. The van der Waals surface area contributed by atoms with Crippen molar-refractivity contribution in [2.45, 2.75) is 10.8 Å². The predicted molar refractivity (Wildman–Crippen MR) is 123 cm³/mol. The number of nitrogens with one attached hydrogen (secondary N) is 2. The molecular weight excluding hydrogens is 436 g/mol. The van der Waals surface area contributed by atoms with Gasteiger partial charge in [-0.1, -0.05) is 35.2 Å². The molecule has 0 saturated heterocycles. The Bertz CT molecular complexity index is 1010. The molecule has 0 aliphatic rings. The van der Waals surface area contributed by atoms with Gasteiger partial charge < -0.3 is 24.8 Å². The second-order valence-corrected chi connectivity index (χ2v) is 8.51. The van der Waals surface area contributed by atoms with Crippen LogP contribution in [0.4, 0.5) is 10.8 Å². The largest absolute Gasteiger partial charge is 0.497 e. The van der Waals surface area contributed by atoms with Crippen molar-refractivity contribution in [3.05, 3.63) is 48.0 Å². The minimum absolute atomic E-state index is 0.0528. The first-order chi connectivity index (χ1) is 15.1. The van der Waals surface area contributed by atoms with Gasteiger partial charge in [-0.2, -0.15) is 0 Å². The molecule has 1 amide bonds. The molecule has 31 heavy (non-hydrogen) atoms. The van der Waals surface area contributed by atoms with Crippen molar-refractivity contribution in [1.29, 1.82) is 0 Å². The molecule has 10 heteroatoms. The van der Waals surface area contributed by atoms with Gasteiger partial charge in [-0.15, -0.1) is 10.2 Å². The number of thioether (sulfide) groups is 1. The SMILES string of the molecule is COc1cccc(Nc2nnc(SCC(=O)NCCc3ccc(OC)c(OC)c3)s2)c1. The maximum Gasteiger partial charge on any atom is 0.230 e. The number of nitrogens with zero attached hydrogens (tertiary/aromatic N) is 2. The molecule has 1 aromatic heterocycles. The molecule has 0 radical (unpaired) electrons. The van der Waals surface area contributed by atoms with Gasteiger partial charge in [0.2, 0.25) is 11.0 Å². The second kappa shape index (κ2) is 11.4. The number of anilines is 2. The van der Waals surface area contributed by atoms with Gasteiger partial charge in [-0.25, -0.2) is 0 Å². The fourth-order valence-corrected chi connectivity index (χ4v) is 4.31. The van der Waals surface area contributed by atoms with E-state index in [0.29, 0.717) is 29.6 Å². The Morgan fingerprint density at radius 1 is 1.03 bits per heavy atom. The molecule has 3 aromatic rings. The number of benzene rings is 2. The number of ether oxygens (including phenoxy) is 3. The summed E-state index contributed by atoms with van der Waals surface area (Å²) in [6.07, 6.45) is 0.699. The maximum absolute atomic E-state index is 12.1. The third-order valence-corrected chi connectivity index (χ3v) is 6.21. The molecule has 2 aromatic carbocycles. The molecular formula is C21H24N4O4S2. The normalized spacial score (nSPS) is 10.4. The smallest absolute Gasteiger partial charge is 0.230 e. The summed E-state index contributed by atoms with van der Waals surface area (Å²) in [6, 6.07) is 13.3. The number of amides is 1. The fraction of sp³-hybridized carbons (Fsp3) is 0.286. The minimum Gasteiger partial charge on any atom is -0.497 e. The molecule has 0 saturated carbocycles. The van der Waals surface area contributed by atoms with E-state index in [-0.39, 0.29) is 11.7 Å². The topological polar surface area (TPSA) is 94.6 Å². The first-order valence-electron chi connectivity index (χ1n) is 9.46. The molecule has 0 unspecified atom stereocenters. The van der Waals surface area contributed by atoms with Gasteiger partial charge >= 0.3 is 0 Å². The number of hydrogen-bond donors (Lipinski definition) is 2. The van der Waals surface area contributed by atoms with Crippen LogP contribution in [0, 0.1) is 0 Å². The van der Waals surface area contributed by atoms with Gasteiger partial charge in [-0.3, -0.25) is 4.79 Å². The van der Waals surface area contributed by atoms with E-state index in [9.17, 15) is 4.79 Å². The Morgan fingerprint density at radius 3 is 2.65 bits per heavy atom. The number of carbonyl (C=O) groups is 1. The van der Waals surface area contributed by atoms with E-state index in [2.05, 4.69) is 20.8 Å². The number of methoxy groups -OCH3 is 3. The van der Waals surface area contributed by atoms with E-state index in [1.165, 1.54) is 23.1 Å². The van der Waals surface area contributed by atoms with Gasteiger partial charge in [0, 0.05) is 18.3 Å².